The zero-order valence-corrected chi connectivity index (χ0v) is 24.4. The third-order valence-electron chi connectivity index (χ3n) is 8.54. The van der Waals surface area contributed by atoms with E-state index in [-0.39, 0.29) is 30.6 Å². The lowest BCUT2D eigenvalue weighted by atomic mass is 9.60. The summed E-state index contributed by atoms with van der Waals surface area (Å²) in [5, 5.41) is 49.3. The van der Waals surface area contributed by atoms with Gasteiger partial charge in [-0.25, -0.2) is 0 Å². The van der Waals surface area contributed by atoms with Crippen LogP contribution in [0.5, 0.6) is 5.75 Å². The van der Waals surface area contributed by atoms with Crippen LogP contribution in [-0.4, -0.2) is 62.5 Å². The summed E-state index contributed by atoms with van der Waals surface area (Å²) in [6, 6.07) is 30.7. The van der Waals surface area contributed by atoms with Crippen molar-refractivity contribution in [1.29, 1.82) is 0 Å². The normalized spacial score (nSPS) is 27.0. The number of ether oxygens (including phenoxy) is 2. The van der Waals surface area contributed by atoms with E-state index in [4.69, 9.17) is 9.47 Å². The van der Waals surface area contributed by atoms with Crippen molar-refractivity contribution >= 4 is 6.29 Å². The molecular formula is C36H38O7. The fourth-order valence-corrected chi connectivity index (χ4v) is 6.37. The van der Waals surface area contributed by atoms with Gasteiger partial charge in [0.25, 0.3) is 0 Å². The van der Waals surface area contributed by atoms with Crippen LogP contribution in [0.3, 0.4) is 0 Å². The van der Waals surface area contributed by atoms with Gasteiger partial charge in [-0.2, -0.15) is 0 Å². The topological polar surface area (TPSA) is 116 Å². The molecule has 5 rings (SSSR count). The highest BCUT2D eigenvalue weighted by molar-refractivity contribution is 5.80. The predicted molar refractivity (Wildman–Crippen MR) is 163 cm³/mol. The molecule has 0 bridgehead atoms. The quantitative estimate of drug-likeness (QED) is 0.208. The van der Waals surface area contributed by atoms with E-state index >= 15 is 0 Å². The first-order valence-electron chi connectivity index (χ1n) is 14.4. The zero-order valence-electron chi connectivity index (χ0n) is 24.4. The second-order valence-corrected chi connectivity index (χ2v) is 11.6. The van der Waals surface area contributed by atoms with Crippen LogP contribution < -0.4 is 4.74 Å². The molecule has 0 amide bonds. The third-order valence-corrected chi connectivity index (χ3v) is 8.54. The Labute approximate surface area is 252 Å². The fraction of sp³-hybridized carbons (Fsp3) is 0.306. The van der Waals surface area contributed by atoms with Gasteiger partial charge in [0.1, 0.15) is 23.1 Å². The zero-order chi connectivity index (χ0) is 30.7. The number of aryl methyl sites for hydroxylation is 2. The number of carbonyl (C=O) groups is 1. The maximum absolute atomic E-state index is 13.0. The van der Waals surface area contributed by atoms with Crippen LogP contribution in [-0.2, 0) is 24.0 Å². The van der Waals surface area contributed by atoms with Crippen LogP contribution in [0.4, 0.5) is 0 Å². The monoisotopic (exact) mass is 582 g/mol. The molecule has 1 aliphatic rings. The number of aliphatic hydroxyl groups is 4. The van der Waals surface area contributed by atoms with Gasteiger partial charge in [0, 0.05) is 19.3 Å². The number of rotatable bonds is 10. The Kier molecular flexibility index (Phi) is 8.83. The second-order valence-electron chi connectivity index (χ2n) is 11.6. The minimum atomic E-state index is -2.33. The molecule has 5 atom stereocenters. The lowest BCUT2D eigenvalue weighted by Gasteiger charge is -2.60. The van der Waals surface area contributed by atoms with Crippen LogP contribution in [0.25, 0.3) is 0 Å². The smallest absolute Gasteiger partial charge is 0.232 e. The van der Waals surface area contributed by atoms with Crippen molar-refractivity contribution < 1.29 is 34.7 Å². The van der Waals surface area contributed by atoms with Crippen molar-refractivity contribution in [3.8, 4) is 5.75 Å². The first kappa shape index (κ1) is 30.6. The van der Waals surface area contributed by atoms with Gasteiger partial charge in [-0.3, -0.25) is 4.79 Å². The Morgan fingerprint density at radius 2 is 1.23 bits per heavy atom. The standard InChI is InChI=1S/C36H38O7/c1-25-18-26(2)32(30(19-25)23-37)43-33-35(40,21-28-14-8-4-9-15-28)36(41,22-29-16-10-5-11-17-29)34(39,31(24-38)42-33)20-27-12-6-3-7-13-27/h3-19,23,31,33,38-41H,20-22,24H2,1-2H3/t31-,33?,34-,35-,36+/m1/s1. The summed E-state index contributed by atoms with van der Waals surface area (Å²) in [5.74, 6) is 0.185. The van der Waals surface area contributed by atoms with Crippen molar-refractivity contribution in [3.05, 3.63) is 137 Å². The van der Waals surface area contributed by atoms with Gasteiger partial charge in [-0.15, -0.1) is 0 Å². The number of benzene rings is 4. The average Bonchev–Trinajstić information content (AvgIpc) is 3.00. The van der Waals surface area contributed by atoms with E-state index in [2.05, 4.69) is 0 Å². The van der Waals surface area contributed by atoms with Gasteiger partial charge < -0.3 is 29.9 Å². The van der Waals surface area contributed by atoms with Gasteiger partial charge >= 0.3 is 0 Å². The maximum atomic E-state index is 13.0. The minimum Gasteiger partial charge on any atom is -0.461 e. The fourth-order valence-electron chi connectivity index (χ4n) is 6.37. The van der Waals surface area contributed by atoms with E-state index in [1.54, 1.807) is 49.4 Å². The molecule has 4 aromatic rings. The molecule has 0 aliphatic carbocycles. The first-order chi connectivity index (χ1) is 20.6. The number of carbonyl (C=O) groups excluding carboxylic acids is 1. The Morgan fingerprint density at radius 1 is 0.744 bits per heavy atom. The Bertz CT molecular complexity index is 1530. The molecule has 0 aromatic heterocycles. The maximum Gasteiger partial charge on any atom is 0.232 e. The summed E-state index contributed by atoms with van der Waals surface area (Å²) >= 11 is 0. The van der Waals surface area contributed by atoms with E-state index in [1.807, 2.05) is 67.6 Å². The predicted octanol–water partition coefficient (Wildman–Crippen LogP) is 4.13. The molecule has 1 fully saturated rings. The molecule has 1 unspecified atom stereocenters. The van der Waals surface area contributed by atoms with Crippen LogP contribution in [0.1, 0.15) is 38.2 Å². The van der Waals surface area contributed by atoms with Crippen molar-refractivity contribution in [2.45, 2.75) is 62.3 Å². The number of aliphatic hydroxyl groups excluding tert-OH is 1. The molecule has 7 heteroatoms. The lowest BCUT2D eigenvalue weighted by Crippen LogP contribution is -2.83. The van der Waals surface area contributed by atoms with Crippen molar-refractivity contribution in [1.82, 2.24) is 0 Å². The average molecular weight is 583 g/mol. The van der Waals surface area contributed by atoms with Crippen LogP contribution >= 0.6 is 0 Å². The highest BCUT2D eigenvalue weighted by Crippen LogP contribution is 2.50. The molecule has 0 saturated carbocycles. The van der Waals surface area contributed by atoms with E-state index < -0.39 is 35.8 Å². The molecule has 43 heavy (non-hydrogen) atoms. The van der Waals surface area contributed by atoms with Crippen LogP contribution in [0.2, 0.25) is 0 Å². The molecule has 1 aliphatic heterocycles. The molecule has 4 aromatic carbocycles. The molecule has 1 saturated heterocycles. The second kappa shape index (κ2) is 12.4. The van der Waals surface area contributed by atoms with Crippen molar-refractivity contribution in [3.63, 3.8) is 0 Å². The van der Waals surface area contributed by atoms with Crippen LogP contribution in [0, 0.1) is 13.8 Å². The summed E-state index contributed by atoms with van der Waals surface area (Å²) in [5.41, 5.74) is -3.07. The van der Waals surface area contributed by atoms with E-state index in [9.17, 15) is 25.2 Å². The lowest BCUT2D eigenvalue weighted by molar-refractivity contribution is -0.389. The van der Waals surface area contributed by atoms with E-state index in [0.717, 1.165) is 5.56 Å². The summed E-state index contributed by atoms with van der Waals surface area (Å²) in [7, 11) is 0. The highest BCUT2D eigenvalue weighted by Gasteiger charge is 2.72. The van der Waals surface area contributed by atoms with E-state index in [0.29, 0.717) is 28.5 Å². The highest BCUT2D eigenvalue weighted by atomic mass is 16.7. The Balaban J connectivity index is 1.73. The van der Waals surface area contributed by atoms with E-state index in [1.165, 1.54) is 0 Å². The van der Waals surface area contributed by atoms with Crippen molar-refractivity contribution in [2.24, 2.45) is 0 Å². The van der Waals surface area contributed by atoms with Gasteiger partial charge in [-0.1, -0.05) is 97.1 Å². The molecule has 224 valence electrons. The molecule has 7 nitrogen and oxygen atoms in total. The Hall–Kier alpha value is -3.85. The van der Waals surface area contributed by atoms with Gasteiger partial charge in [0.05, 0.1) is 12.2 Å². The number of hydrogen-bond donors (Lipinski definition) is 4. The van der Waals surface area contributed by atoms with Crippen LogP contribution in [0.15, 0.2) is 103 Å². The first-order valence-corrected chi connectivity index (χ1v) is 14.4. The summed E-state index contributed by atoms with van der Waals surface area (Å²) in [6.45, 7) is 2.96. The molecule has 4 N–H and O–H groups in total. The molecule has 0 radical (unpaired) electrons. The number of hydrogen-bond acceptors (Lipinski definition) is 7. The Morgan fingerprint density at radius 3 is 1.72 bits per heavy atom. The molecule has 1 heterocycles. The number of aldehydes is 1. The minimum absolute atomic E-state index is 0.130. The summed E-state index contributed by atoms with van der Waals surface area (Å²) in [4.78, 5) is 12.1. The van der Waals surface area contributed by atoms with Crippen molar-refractivity contribution in [2.75, 3.05) is 6.61 Å². The van der Waals surface area contributed by atoms with Gasteiger partial charge in [0.15, 0.2) is 11.9 Å². The van der Waals surface area contributed by atoms with Gasteiger partial charge in [-0.05, 0) is 47.7 Å². The largest absolute Gasteiger partial charge is 0.461 e. The van der Waals surface area contributed by atoms with Gasteiger partial charge in [0.2, 0.25) is 6.29 Å². The molecule has 0 spiro atoms. The SMILES string of the molecule is Cc1cc(C)c(OC2O[C@H](CO)[C@](O)(Cc3ccccc3)[C@@](O)(Cc3ccccc3)[C@@]2(O)Cc2ccccc2)c(C=O)c1. The summed E-state index contributed by atoms with van der Waals surface area (Å²) < 4.78 is 12.7. The third kappa shape index (κ3) is 5.75. The summed E-state index contributed by atoms with van der Waals surface area (Å²) in [6.07, 6.45) is -2.77. The molecular weight excluding hydrogens is 544 g/mol.